The number of amides is 1. The van der Waals surface area contributed by atoms with Crippen LogP contribution in [0.5, 0.6) is 0 Å². The first kappa shape index (κ1) is 21.3. The number of aromatic nitrogens is 1. The van der Waals surface area contributed by atoms with E-state index in [9.17, 15) is 14.6 Å². The maximum absolute atomic E-state index is 13.3. The highest BCUT2D eigenvalue weighted by atomic mass is 32.1. The van der Waals surface area contributed by atoms with Gasteiger partial charge in [0, 0.05) is 12.1 Å². The third-order valence-corrected chi connectivity index (χ3v) is 6.32. The maximum atomic E-state index is 13.3. The molecule has 33 heavy (non-hydrogen) atoms. The van der Waals surface area contributed by atoms with Gasteiger partial charge in [-0.2, -0.15) is 0 Å². The molecule has 1 aliphatic heterocycles. The summed E-state index contributed by atoms with van der Waals surface area (Å²) >= 11 is 0.979. The van der Waals surface area contributed by atoms with E-state index >= 15 is 0 Å². The van der Waals surface area contributed by atoms with E-state index in [2.05, 4.69) is 15.6 Å². The maximum Gasteiger partial charge on any atom is 0.491 e. The van der Waals surface area contributed by atoms with Crippen molar-refractivity contribution >= 4 is 51.5 Å². The molecule has 0 unspecified atom stereocenters. The monoisotopic (exact) mass is 457 g/mol. The minimum absolute atomic E-state index is 0.116. The third-order valence-electron chi connectivity index (χ3n) is 5.51. The van der Waals surface area contributed by atoms with Crippen LogP contribution < -0.4 is 20.8 Å². The molecule has 4 aromatic rings. The molecule has 9 heteroatoms. The van der Waals surface area contributed by atoms with Gasteiger partial charge in [0.15, 0.2) is 5.13 Å². The lowest BCUT2D eigenvalue weighted by molar-refractivity contribution is -0.116. The van der Waals surface area contributed by atoms with Crippen LogP contribution in [0, 0.1) is 0 Å². The molecule has 0 fully saturated rings. The first-order chi connectivity index (χ1) is 16.1. The fourth-order valence-electron chi connectivity index (χ4n) is 3.81. The van der Waals surface area contributed by atoms with E-state index in [1.165, 1.54) is 0 Å². The Hall–Kier alpha value is -3.53. The van der Waals surface area contributed by atoms with Gasteiger partial charge in [-0.1, -0.05) is 59.9 Å². The number of nitrogens with zero attached hydrogens (tertiary/aromatic N) is 1. The lowest BCUT2D eigenvalue weighted by atomic mass is 9.79. The molecule has 1 aliphatic rings. The van der Waals surface area contributed by atoms with Crippen molar-refractivity contribution < 1.29 is 14.5 Å². The van der Waals surface area contributed by atoms with Crippen LogP contribution in [0.2, 0.25) is 0 Å². The number of hydrogen-bond acceptors (Lipinski definition) is 7. The number of anilines is 2. The lowest BCUT2D eigenvalue weighted by Crippen LogP contribution is -2.37. The highest BCUT2D eigenvalue weighted by Gasteiger charge is 2.28. The number of nitrogens with one attached hydrogen (secondary N) is 2. The van der Waals surface area contributed by atoms with Crippen molar-refractivity contribution in [3.63, 3.8) is 0 Å². The van der Waals surface area contributed by atoms with Crippen LogP contribution in [0.3, 0.4) is 0 Å². The molecule has 3 N–H and O–H groups in total. The zero-order valence-electron chi connectivity index (χ0n) is 17.5. The van der Waals surface area contributed by atoms with Crippen LogP contribution in [0.1, 0.15) is 11.1 Å². The van der Waals surface area contributed by atoms with Crippen molar-refractivity contribution in [3.05, 3.63) is 93.5 Å². The molecule has 0 saturated heterocycles. The van der Waals surface area contributed by atoms with Gasteiger partial charge in [0.1, 0.15) is 6.04 Å². The zero-order chi connectivity index (χ0) is 22.8. The van der Waals surface area contributed by atoms with Crippen LogP contribution in [0.25, 0.3) is 10.9 Å². The predicted octanol–water partition coefficient (Wildman–Crippen LogP) is 2.54. The molecule has 2 heterocycles. The van der Waals surface area contributed by atoms with Gasteiger partial charge in [-0.3, -0.25) is 9.59 Å². The fourth-order valence-corrected chi connectivity index (χ4v) is 4.61. The first-order valence-electron chi connectivity index (χ1n) is 10.5. The summed E-state index contributed by atoms with van der Waals surface area (Å²) in [4.78, 5) is 30.4. The molecular formula is C24H20BN3O4S. The summed E-state index contributed by atoms with van der Waals surface area (Å²) in [5.74, 6) is -0.276. The Morgan fingerprint density at radius 2 is 1.91 bits per heavy atom. The van der Waals surface area contributed by atoms with Gasteiger partial charge in [0.05, 0.1) is 17.5 Å². The molecule has 0 spiro atoms. The molecule has 0 bridgehead atoms. The van der Waals surface area contributed by atoms with Gasteiger partial charge in [-0.05, 0) is 40.9 Å². The number of fused-ring (bicyclic) bond motifs is 2. The number of rotatable bonds is 6. The van der Waals surface area contributed by atoms with Crippen molar-refractivity contribution in [3.8, 4) is 0 Å². The molecule has 1 atom stereocenters. The molecule has 164 valence electrons. The topological polar surface area (TPSA) is 101 Å². The minimum atomic E-state index is -0.992. The molecule has 0 saturated carbocycles. The quantitative estimate of drug-likeness (QED) is 0.385. The van der Waals surface area contributed by atoms with Crippen LogP contribution in [-0.4, -0.2) is 29.1 Å². The molecule has 5 rings (SSSR count). The van der Waals surface area contributed by atoms with Gasteiger partial charge in [-0.25, -0.2) is 4.98 Å². The van der Waals surface area contributed by atoms with Crippen LogP contribution >= 0.6 is 11.3 Å². The summed E-state index contributed by atoms with van der Waals surface area (Å²) in [6.45, 7) is 0.343. The Balaban J connectivity index is 1.42. The van der Waals surface area contributed by atoms with Crippen molar-refractivity contribution in [1.29, 1.82) is 0 Å². The average molecular weight is 457 g/mol. The fraction of sp³-hybridized carbons (Fsp3) is 0.125. The second-order valence-corrected chi connectivity index (χ2v) is 8.74. The van der Waals surface area contributed by atoms with E-state index in [0.29, 0.717) is 40.2 Å². The van der Waals surface area contributed by atoms with Crippen LogP contribution in [0.15, 0.2) is 77.6 Å². The Morgan fingerprint density at radius 3 is 2.76 bits per heavy atom. The molecule has 7 nitrogen and oxygen atoms in total. The van der Waals surface area contributed by atoms with Crippen molar-refractivity contribution in [2.24, 2.45) is 0 Å². The van der Waals surface area contributed by atoms with E-state index in [-0.39, 0.29) is 10.6 Å². The minimum Gasteiger partial charge on any atom is -0.423 e. The van der Waals surface area contributed by atoms with Crippen molar-refractivity contribution in [2.45, 2.75) is 19.1 Å². The summed E-state index contributed by atoms with van der Waals surface area (Å²) in [5, 5.41) is 17.0. The van der Waals surface area contributed by atoms with E-state index in [4.69, 9.17) is 4.65 Å². The van der Waals surface area contributed by atoms with E-state index in [1.54, 1.807) is 30.3 Å². The van der Waals surface area contributed by atoms with Gasteiger partial charge < -0.3 is 20.3 Å². The third kappa shape index (κ3) is 4.66. The SMILES string of the molecule is O=C(Nc1ccc2c(c1)B(O)OC2)[C@H](Cc1ccccc1)Nc1nc2ccccc2c(=O)s1. The summed E-state index contributed by atoms with van der Waals surface area (Å²) in [7, 11) is -0.992. The molecule has 0 radical (unpaired) electrons. The molecule has 1 amide bonds. The number of carbonyl (C=O) groups is 1. The van der Waals surface area contributed by atoms with E-state index < -0.39 is 13.2 Å². The Morgan fingerprint density at radius 1 is 1.12 bits per heavy atom. The summed E-state index contributed by atoms with van der Waals surface area (Å²) in [6, 6.07) is 21.4. The summed E-state index contributed by atoms with van der Waals surface area (Å²) < 4.78 is 5.11. The highest BCUT2D eigenvalue weighted by molar-refractivity contribution is 7.13. The lowest BCUT2D eigenvalue weighted by Gasteiger charge is -2.19. The molecule has 1 aromatic heterocycles. The second-order valence-electron chi connectivity index (χ2n) is 7.78. The van der Waals surface area contributed by atoms with Gasteiger partial charge in [0.25, 0.3) is 0 Å². The average Bonchev–Trinajstić information content (AvgIpc) is 3.19. The largest absolute Gasteiger partial charge is 0.491 e. The number of hydrogen-bond donors (Lipinski definition) is 3. The molecule has 3 aromatic carbocycles. The van der Waals surface area contributed by atoms with Gasteiger partial charge in [-0.15, -0.1) is 0 Å². The van der Waals surface area contributed by atoms with Crippen molar-refractivity contribution in [2.75, 3.05) is 10.6 Å². The standard InChI is InChI=1S/C24H20BN3O4S/c29-22(26-17-11-10-16-14-32-25(31)19(16)13-17)21(12-15-6-2-1-3-7-15)28-24-27-20-9-5-4-8-18(20)23(30)33-24/h1-11,13,21,31H,12,14H2,(H,26,29)(H,27,28)/t21-/m0/s1. The predicted molar refractivity (Wildman–Crippen MR) is 131 cm³/mol. The molecular weight excluding hydrogens is 437 g/mol. The highest BCUT2D eigenvalue weighted by Crippen LogP contribution is 2.19. The Labute approximate surface area is 194 Å². The smallest absolute Gasteiger partial charge is 0.423 e. The number of para-hydroxylation sites is 1. The zero-order valence-corrected chi connectivity index (χ0v) is 18.3. The normalized spacial score (nSPS) is 13.5. The Bertz CT molecular complexity index is 1380. The number of benzene rings is 3. The first-order valence-corrected chi connectivity index (χ1v) is 11.3. The summed E-state index contributed by atoms with van der Waals surface area (Å²) in [5.41, 5.74) is 3.65. The number of carbonyl (C=O) groups excluding carboxylic acids is 1. The second kappa shape index (κ2) is 9.15. The van der Waals surface area contributed by atoms with E-state index in [0.717, 1.165) is 22.5 Å². The van der Waals surface area contributed by atoms with Gasteiger partial charge in [0.2, 0.25) is 10.6 Å². The van der Waals surface area contributed by atoms with E-state index in [1.807, 2.05) is 42.5 Å². The van der Waals surface area contributed by atoms with Crippen LogP contribution in [-0.2, 0) is 22.5 Å². The van der Waals surface area contributed by atoms with Crippen molar-refractivity contribution in [1.82, 2.24) is 4.98 Å². The van der Waals surface area contributed by atoms with Gasteiger partial charge >= 0.3 is 7.12 Å². The Kier molecular flexibility index (Phi) is 5.91. The van der Waals surface area contributed by atoms with Crippen LogP contribution in [0.4, 0.5) is 10.8 Å². The summed E-state index contributed by atoms with van der Waals surface area (Å²) in [6.07, 6.45) is 0.402. The molecule has 0 aliphatic carbocycles.